The lowest BCUT2D eigenvalue weighted by molar-refractivity contribution is -0.164. The van der Waals surface area contributed by atoms with E-state index in [0.29, 0.717) is 19.6 Å². The van der Waals surface area contributed by atoms with E-state index in [0.717, 1.165) is 4.90 Å². The summed E-state index contributed by atoms with van der Waals surface area (Å²) in [5.74, 6) is -0.677. The van der Waals surface area contributed by atoms with Gasteiger partial charge in [0.1, 0.15) is 6.54 Å². The Morgan fingerprint density at radius 3 is 2.32 bits per heavy atom. The van der Waals surface area contributed by atoms with Crippen LogP contribution in [0, 0.1) is 0 Å². The van der Waals surface area contributed by atoms with Crippen LogP contribution in [0.1, 0.15) is 33.6 Å². The Morgan fingerprint density at radius 1 is 1.32 bits per heavy atom. The first kappa shape index (κ1) is 18.2. The Labute approximate surface area is 112 Å². The third kappa shape index (κ3) is 7.37. The van der Waals surface area contributed by atoms with Crippen molar-refractivity contribution < 1.29 is 22.7 Å². The van der Waals surface area contributed by atoms with Crippen molar-refractivity contribution in [3.05, 3.63) is 0 Å². The standard InChI is InChI=1S/C12H23F3N2O2/c1-4-11(3,16)10(18)17(9-12(13,14)15)7-6-8-19-5-2/h4-9,16H2,1-3H3. The molecule has 0 fully saturated rings. The number of carbonyl (C=O) groups is 1. The number of carbonyl (C=O) groups excluding carboxylic acids is 1. The van der Waals surface area contributed by atoms with Crippen molar-refractivity contribution in [3.8, 4) is 0 Å². The summed E-state index contributed by atoms with van der Waals surface area (Å²) in [6.45, 7) is 4.45. The van der Waals surface area contributed by atoms with Crippen LogP contribution in [-0.4, -0.2) is 48.8 Å². The zero-order valence-electron chi connectivity index (χ0n) is 11.7. The monoisotopic (exact) mass is 284 g/mol. The summed E-state index contributed by atoms with van der Waals surface area (Å²) in [6.07, 6.45) is -3.79. The van der Waals surface area contributed by atoms with E-state index in [1.807, 2.05) is 0 Å². The molecule has 0 saturated heterocycles. The molecule has 1 amide bonds. The maximum atomic E-state index is 12.5. The van der Waals surface area contributed by atoms with E-state index in [2.05, 4.69) is 0 Å². The Kier molecular flexibility index (Phi) is 7.36. The van der Waals surface area contributed by atoms with Crippen molar-refractivity contribution in [2.24, 2.45) is 5.73 Å². The summed E-state index contributed by atoms with van der Waals surface area (Å²) in [5.41, 5.74) is 4.45. The highest BCUT2D eigenvalue weighted by molar-refractivity contribution is 5.85. The lowest BCUT2D eigenvalue weighted by Gasteiger charge is -2.31. The smallest absolute Gasteiger partial charge is 0.382 e. The molecule has 0 rings (SSSR count). The Bertz CT molecular complexity index is 281. The van der Waals surface area contributed by atoms with Crippen LogP contribution < -0.4 is 5.73 Å². The van der Waals surface area contributed by atoms with Crippen LogP contribution in [0.4, 0.5) is 13.2 Å². The highest BCUT2D eigenvalue weighted by Crippen LogP contribution is 2.19. The summed E-state index contributed by atoms with van der Waals surface area (Å²) in [5, 5.41) is 0. The number of halogens is 3. The first-order chi connectivity index (χ1) is 8.64. The normalized spacial score (nSPS) is 15.1. The van der Waals surface area contributed by atoms with Crippen molar-refractivity contribution in [2.75, 3.05) is 26.3 Å². The SMILES string of the molecule is CCOCCCN(CC(F)(F)F)C(=O)C(C)(N)CC. The van der Waals surface area contributed by atoms with E-state index in [1.54, 1.807) is 13.8 Å². The second kappa shape index (κ2) is 7.69. The molecule has 0 saturated carbocycles. The predicted molar refractivity (Wildman–Crippen MR) is 66.6 cm³/mol. The summed E-state index contributed by atoms with van der Waals surface area (Å²) in [4.78, 5) is 12.8. The second-order valence-electron chi connectivity index (χ2n) is 4.66. The van der Waals surface area contributed by atoms with Crippen molar-refractivity contribution in [3.63, 3.8) is 0 Å². The van der Waals surface area contributed by atoms with Crippen molar-refractivity contribution in [2.45, 2.75) is 45.3 Å². The molecule has 0 aliphatic heterocycles. The summed E-state index contributed by atoms with van der Waals surface area (Å²) < 4.78 is 42.5. The van der Waals surface area contributed by atoms with Crippen molar-refractivity contribution in [1.82, 2.24) is 4.90 Å². The minimum Gasteiger partial charge on any atom is -0.382 e. The summed E-state index contributed by atoms with van der Waals surface area (Å²) in [6, 6.07) is 0. The molecule has 19 heavy (non-hydrogen) atoms. The molecule has 0 aromatic heterocycles. The molecule has 114 valence electrons. The van der Waals surface area contributed by atoms with Gasteiger partial charge in [-0.1, -0.05) is 6.92 Å². The summed E-state index contributed by atoms with van der Waals surface area (Å²) in [7, 11) is 0. The molecule has 0 aliphatic rings. The van der Waals surface area contributed by atoms with Gasteiger partial charge < -0.3 is 15.4 Å². The van der Waals surface area contributed by atoms with E-state index in [4.69, 9.17) is 10.5 Å². The molecule has 4 nitrogen and oxygen atoms in total. The van der Waals surface area contributed by atoms with Gasteiger partial charge >= 0.3 is 6.18 Å². The average molecular weight is 284 g/mol. The number of nitrogens with two attached hydrogens (primary N) is 1. The number of rotatable bonds is 8. The highest BCUT2D eigenvalue weighted by Gasteiger charge is 2.37. The van der Waals surface area contributed by atoms with Crippen LogP contribution in [0.5, 0.6) is 0 Å². The van der Waals surface area contributed by atoms with E-state index >= 15 is 0 Å². The van der Waals surface area contributed by atoms with E-state index < -0.39 is 24.2 Å². The number of hydrogen-bond donors (Lipinski definition) is 1. The quantitative estimate of drug-likeness (QED) is 0.693. The molecular formula is C12H23F3N2O2. The van der Waals surface area contributed by atoms with Crippen LogP contribution in [0.15, 0.2) is 0 Å². The third-order valence-corrected chi connectivity index (χ3v) is 2.80. The molecule has 0 bridgehead atoms. The molecule has 1 atom stereocenters. The lowest BCUT2D eigenvalue weighted by Crippen LogP contribution is -2.55. The van der Waals surface area contributed by atoms with Gasteiger partial charge in [0.2, 0.25) is 5.91 Å². The second-order valence-corrected chi connectivity index (χ2v) is 4.66. The zero-order chi connectivity index (χ0) is 15.1. The molecule has 0 aromatic carbocycles. The molecule has 7 heteroatoms. The largest absolute Gasteiger partial charge is 0.406 e. The fourth-order valence-electron chi connectivity index (χ4n) is 1.48. The molecule has 1 unspecified atom stereocenters. The van der Waals surface area contributed by atoms with Gasteiger partial charge in [0, 0.05) is 19.8 Å². The van der Waals surface area contributed by atoms with E-state index in [1.165, 1.54) is 6.92 Å². The van der Waals surface area contributed by atoms with Crippen molar-refractivity contribution in [1.29, 1.82) is 0 Å². The van der Waals surface area contributed by atoms with E-state index in [-0.39, 0.29) is 13.0 Å². The van der Waals surface area contributed by atoms with Gasteiger partial charge in [-0.25, -0.2) is 0 Å². The van der Waals surface area contributed by atoms with Gasteiger partial charge in [0.15, 0.2) is 0 Å². The maximum absolute atomic E-state index is 12.5. The first-order valence-corrected chi connectivity index (χ1v) is 6.36. The van der Waals surface area contributed by atoms with Gasteiger partial charge in [0.25, 0.3) is 0 Å². The Balaban J connectivity index is 4.62. The molecular weight excluding hydrogens is 261 g/mol. The zero-order valence-corrected chi connectivity index (χ0v) is 11.7. The lowest BCUT2D eigenvalue weighted by atomic mass is 9.98. The maximum Gasteiger partial charge on any atom is 0.406 e. The van der Waals surface area contributed by atoms with Gasteiger partial charge in [-0.3, -0.25) is 4.79 Å². The molecule has 0 heterocycles. The molecule has 0 aromatic rings. The predicted octanol–water partition coefficient (Wildman–Crippen LogP) is 1.93. The van der Waals surface area contributed by atoms with Crippen molar-refractivity contribution >= 4 is 5.91 Å². The number of nitrogens with zero attached hydrogens (tertiary/aromatic N) is 1. The van der Waals surface area contributed by atoms with Crippen LogP contribution in [0.2, 0.25) is 0 Å². The van der Waals surface area contributed by atoms with Gasteiger partial charge in [-0.15, -0.1) is 0 Å². The first-order valence-electron chi connectivity index (χ1n) is 6.36. The minimum absolute atomic E-state index is 0.00880. The Morgan fingerprint density at radius 2 is 1.89 bits per heavy atom. The minimum atomic E-state index is -4.43. The Hall–Kier alpha value is -0.820. The van der Waals surface area contributed by atoms with Crippen LogP contribution in [-0.2, 0) is 9.53 Å². The van der Waals surface area contributed by atoms with Crippen LogP contribution >= 0.6 is 0 Å². The number of alkyl halides is 3. The fourth-order valence-corrected chi connectivity index (χ4v) is 1.48. The molecule has 0 aliphatic carbocycles. The molecule has 2 N–H and O–H groups in total. The molecule has 0 radical (unpaired) electrons. The van der Waals surface area contributed by atoms with Crippen LogP contribution in [0.3, 0.4) is 0 Å². The van der Waals surface area contributed by atoms with Gasteiger partial charge in [-0.05, 0) is 26.7 Å². The average Bonchev–Trinajstić information content (AvgIpc) is 2.30. The molecule has 0 spiro atoms. The number of hydrogen-bond acceptors (Lipinski definition) is 3. The number of amides is 1. The number of ether oxygens (including phenoxy) is 1. The van der Waals surface area contributed by atoms with E-state index in [9.17, 15) is 18.0 Å². The topological polar surface area (TPSA) is 55.6 Å². The van der Waals surface area contributed by atoms with Gasteiger partial charge in [0.05, 0.1) is 5.54 Å². The fraction of sp³-hybridized carbons (Fsp3) is 0.917. The highest BCUT2D eigenvalue weighted by atomic mass is 19.4. The van der Waals surface area contributed by atoms with Crippen LogP contribution in [0.25, 0.3) is 0 Å². The third-order valence-electron chi connectivity index (χ3n) is 2.80. The van der Waals surface area contributed by atoms with Gasteiger partial charge in [-0.2, -0.15) is 13.2 Å². The summed E-state index contributed by atoms with van der Waals surface area (Å²) >= 11 is 0.